The Bertz CT molecular complexity index is 430. The van der Waals surface area contributed by atoms with Crippen molar-refractivity contribution in [2.24, 2.45) is 11.8 Å². The van der Waals surface area contributed by atoms with Gasteiger partial charge in [-0.2, -0.15) is 0 Å². The van der Waals surface area contributed by atoms with Crippen LogP contribution in [0.15, 0.2) is 12.2 Å². The molecule has 5 nitrogen and oxygen atoms in total. The maximum absolute atomic E-state index is 12.3. The fraction of sp³-hybridized carbons (Fsp3) is 0.667. The molecule has 1 amide bonds. The lowest BCUT2D eigenvalue weighted by Crippen LogP contribution is -2.39. The molecule has 2 saturated heterocycles. The third-order valence-corrected chi connectivity index (χ3v) is 4.04. The fourth-order valence-corrected chi connectivity index (χ4v) is 3.25. The van der Waals surface area contributed by atoms with E-state index < -0.39 is 29.5 Å². The molecule has 0 radical (unpaired) electrons. The highest BCUT2D eigenvalue weighted by Crippen LogP contribution is 2.52. The number of carboxylic acid groups (broad SMARTS) is 1. The molecule has 92 valence electrons. The molecule has 5 heteroatoms. The molecule has 17 heavy (non-hydrogen) atoms. The quantitative estimate of drug-likeness (QED) is 0.700. The summed E-state index contributed by atoms with van der Waals surface area (Å²) in [6.07, 6.45) is 3.23. The van der Waals surface area contributed by atoms with Gasteiger partial charge in [0, 0.05) is 6.04 Å². The van der Waals surface area contributed by atoms with Crippen LogP contribution in [0.3, 0.4) is 0 Å². The van der Waals surface area contributed by atoms with Gasteiger partial charge in [-0.3, -0.25) is 9.59 Å². The van der Waals surface area contributed by atoms with Crippen molar-refractivity contribution >= 4 is 11.9 Å². The monoisotopic (exact) mass is 237 g/mol. The molecule has 3 aliphatic heterocycles. The highest BCUT2D eigenvalue weighted by molar-refractivity contribution is 5.90. The number of nitrogens with zero attached hydrogens (tertiary/aromatic N) is 1. The highest BCUT2D eigenvalue weighted by atomic mass is 16.5. The number of fused-ring (bicyclic) bond motifs is 1. The molecule has 0 aromatic heterocycles. The minimum absolute atomic E-state index is 0.0768. The van der Waals surface area contributed by atoms with Crippen LogP contribution in [0, 0.1) is 11.8 Å². The van der Waals surface area contributed by atoms with Crippen molar-refractivity contribution in [1.82, 2.24) is 4.90 Å². The zero-order chi connectivity index (χ0) is 12.4. The number of carbonyl (C=O) groups excluding carboxylic acids is 1. The Morgan fingerprint density at radius 1 is 1.65 bits per heavy atom. The number of hydrogen-bond acceptors (Lipinski definition) is 3. The van der Waals surface area contributed by atoms with Crippen molar-refractivity contribution in [3.8, 4) is 0 Å². The smallest absolute Gasteiger partial charge is 0.310 e. The van der Waals surface area contributed by atoms with E-state index in [2.05, 4.69) is 0 Å². The molecular formula is C12H15NO4. The van der Waals surface area contributed by atoms with E-state index in [1.807, 2.05) is 19.9 Å². The summed E-state index contributed by atoms with van der Waals surface area (Å²) in [6.45, 7) is 4.34. The van der Waals surface area contributed by atoms with Gasteiger partial charge in [0.25, 0.3) is 0 Å². The van der Waals surface area contributed by atoms with E-state index in [-0.39, 0.29) is 11.9 Å². The third kappa shape index (κ3) is 1.17. The average molecular weight is 237 g/mol. The summed E-state index contributed by atoms with van der Waals surface area (Å²) in [5.41, 5.74) is -0.685. The van der Waals surface area contributed by atoms with Crippen molar-refractivity contribution in [1.29, 1.82) is 0 Å². The summed E-state index contributed by atoms with van der Waals surface area (Å²) in [4.78, 5) is 25.3. The molecule has 2 bridgehead atoms. The van der Waals surface area contributed by atoms with Crippen LogP contribution in [0.5, 0.6) is 0 Å². The third-order valence-electron chi connectivity index (χ3n) is 4.04. The van der Waals surface area contributed by atoms with Crippen LogP contribution in [0.4, 0.5) is 0 Å². The highest BCUT2D eigenvalue weighted by Gasteiger charge is 2.67. The van der Waals surface area contributed by atoms with E-state index in [0.29, 0.717) is 6.54 Å². The lowest BCUT2D eigenvalue weighted by molar-refractivity contribution is -0.148. The van der Waals surface area contributed by atoms with Gasteiger partial charge in [0.2, 0.25) is 5.91 Å². The zero-order valence-corrected chi connectivity index (χ0v) is 9.79. The Balaban J connectivity index is 2.01. The van der Waals surface area contributed by atoms with E-state index in [9.17, 15) is 14.7 Å². The van der Waals surface area contributed by atoms with Crippen LogP contribution in [-0.2, 0) is 14.3 Å². The molecule has 3 aliphatic rings. The number of ether oxygens (including phenoxy) is 1. The molecule has 0 aliphatic carbocycles. The Morgan fingerprint density at radius 2 is 2.35 bits per heavy atom. The van der Waals surface area contributed by atoms with Gasteiger partial charge in [0.1, 0.15) is 11.5 Å². The number of aliphatic carboxylic acids is 1. The second-order valence-electron chi connectivity index (χ2n) is 5.30. The van der Waals surface area contributed by atoms with Gasteiger partial charge in [-0.05, 0) is 13.8 Å². The number of likely N-dealkylation sites (tertiary alicyclic amines) is 1. The summed E-state index contributed by atoms with van der Waals surface area (Å²) < 4.78 is 5.75. The van der Waals surface area contributed by atoms with Crippen LogP contribution < -0.4 is 0 Å². The van der Waals surface area contributed by atoms with Gasteiger partial charge in [-0.1, -0.05) is 12.2 Å². The first-order valence-corrected chi connectivity index (χ1v) is 5.87. The second kappa shape index (κ2) is 3.10. The molecule has 3 heterocycles. The Labute approximate surface area is 99.0 Å². The van der Waals surface area contributed by atoms with E-state index in [0.717, 1.165) is 0 Å². The largest absolute Gasteiger partial charge is 0.481 e. The number of amides is 1. The predicted octanol–water partition coefficient (Wildman–Crippen LogP) is 0.261. The summed E-state index contributed by atoms with van der Waals surface area (Å²) in [7, 11) is 0. The topological polar surface area (TPSA) is 66.8 Å². The molecule has 0 saturated carbocycles. The summed E-state index contributed by atoms with van der Waals surface area (Å²) >= 11 is 0. The minimum Gasteiger partial charge on any atom is -0.481 e. The van der Waals surface area contributed by atoms with Gasteiger partial charge in [-0.15, -0.1) is 0 Å². The number of carbonyl (C=O) groups is 2. The van der Waals surface area contributed by atoms with Gasteiger partial charge < -0.3 is 14.7 Å². The first-order valence-electron chi connectivity index (χ1n) is 5.87. The maximum Gasteiger partial charge on any atom is 0.310 e. The Kier molecular flexibility index (Phi) is 1.96. The summed E-state index contributed by atoms with van der Waals surface area (Å²) in [5, 5.41) is 9.24. The van der Waals surface area contributed by atoms with E-state index in [1.54, 1.807) is 11.0 Å². The zero-order valence-electron chi connectivity index (χ0n) is 9.79. The van der Waals surface area contributed by atoms with Gasteiger partial charge in [-0.25, -0.2) is 0 Å². The number of rotatable bonds is 2. The SMILES string of the molecule is CC(C)N1C[C@@]23C=C[C@H](O2)[C@@H](C(=O)O)[C@H]3C1=O. The molecule has 1 spiro atoms. The Hall–Kier alpha value is -1.36. The van der Waals surface area contributed by atoms with Gasteiger partial charge in [0.15, 0.2) is 0 Å². The fourth-order valence-electron chi connectivity index (χ4n) is 3.25. The molecular weight excluding hydrogens is 222 g/mol. The van der Waals surface area contributed by atoms with Crippen molar-refractivity contribution in [3.63, 3.8) is 0 Å². The molecule has 4 atom stereocenters. The number of carboxylic acids is 1. The first-order chi connectivity index (χ1) is 7.96. The van der Waals surface area contributed by atoms with Crippen LogP contribution in [0.25, 0.3) is 0 Å². The summed E-state index contributed by atoms with van der Waals surface area (Å²) in [5.74, 6) is -2.29. The van der Waals surface area contributed by atoms with Crippen molar-refractivity contribution < 1.29 is 19.4 Å². The minimum atomic E-state index is -0.940. The standard InChI is InChI=1S/C12H15NO4/c1-6(2)13-5-12-4-3-7(17-12)8(11(15)16)9(12)10(13)14/h3-4,6-9H,5H2,1-2H3,(H,15,16)/t7-,8+,9-,12+/m0/s1. The van der Waals surface area contributed by atoms with Crippen LogP contribution in [0.2, 0.25) is 0 Å². The van der Waals surface area contributed by atoms with E-state index in [4.69, 9.17) is 4.74 Å². The lowest BCUT2D eigenvalue weighted by atomic mass is 9.77. The van der Waals surface area contributed by atoms with Crippen molar-refractivity contribution in [3.05, 3.63) is 12.2 Å². The second-order valence-corrected chi connectivity index (χ2v) is 5.30. The first kappa shape index (κ1) is 10.8. The molecule has 3 rings (SSSR count). The van der Waals surface area contributed by atoms with Gasteiger partial charge in [0.05, 0.1) is 18.6 Å². The number of hydrogen-bond donors (Lipinski definition) is 1. The van der Waals surface area contributed by atoms with Crippen molar-refractivity contribution in [2.75, 3.05) is 6.54 Å². The molecule has 1 N–H and O–H groups in total. The van der Waals surface area contributed by atoms with Crippen LogP contribution >= 0.6 is 0 Å². The van der Waals surface area contributed by atoms with Crippen molar-refractivity contribution in [2.45, 2.75) is 31.6 Å². The molecule has 0 aromatic rings. The van der Waals surface area contributed by atoms with Crippen LogP contribution in [0.1, 0.15) is 13.8 Å². The Morgan fingerprint density at radius 3 is 2.94 bits per heavy atom. The lowest BCUT2D eigenvalue weighted by Gasteiger charge is -2.24. The summed E-state index contributed by atoms with van der Waals surface area (Å²) in [6, 6.07) is 0.0768. The normalized spacial score (nSPS) is 42.6. The average Bonchev–Trinajstić information content (AvgIpc) is 2.86. The molecule has 2 fully saturated rings. The van der Waals surface area contributed by atoms with Gasteiger partial charge >= 0.3 is 5.97 Å². The predicted molar refractivity (Wildman–Crippen MR) is 58.2 cm³/mol. The molecule has 0 aromatic carbocycles. The maximum atomic E-state index is 12.3. The molecule has 0 unspecified atom stereocenters. The van der Waals surface area contributed by atoms with E-state index in [1.165, 1.54) is 0 Å². The van der Waals surface area contributed by atoms with E-state index >= 15 is 0 Å². The van der Waals surface area contributed by atoms with Crippen LogP contribution in [-0.4, -0.2) is 46.2 Å².